The second-order valence-corrected chi connectivity index (χ2v) is 4.39. The monoisotopic (exact) mass is 221 g/mol. The van der Waals surface area contributed by atoms with Gasteiger partial charge in [0.25, 0.3) is 0 Å². The van der Waals surface area contributed by atoms with Gasteiger partial charge in [-0.15, -0.1) is 0 Å². The van der Waals surface area contributed by atoms with Crippen molar-refractivity contribution in [3.8, 4) is 0 Å². The Balaban J connectivity index is 3.84. The van der Waals surface area contributed by atoms with Gasteiger partial charge < -0.3 is 15.2 Å². The van der Waals surface area contributed by atoms with Crippen LogP contribution < -0.4 is 5.32 Å². The first kappa shape index (κ1) is 13.7. The van der Waals surface area contributed by atoms with E-state index in [9.17, 15) is 4.79 Å². The summed E-state index contributed by atoms with van der Waals surface area (Å²) < 4.78 is 4.88. The number of hydrogen-bond donors (Lipinski definition) is 2. The Morgan fingerprint density at radius 2 is 2.29 bits per heavy atom. The predicted octanol–water partition coefficient (Wildman–Crippen LogP) is 0.251. The maximum absolute atomic E-state index is 11.3. The van der Waals surface area contributed by atoms with E-state index in [1.165, 1.54) is 0 Å². The number of carbonyl (C=O) groups is 1. The van der Waals surface area contributed by atoms with Crippen molar-refractivity contribution in [1.29, 1.82) is 0 Å². The normalized spacial score (nSPS) is 14.9. The molecule has 0 saturated carbocycles. The Hall–Kier alpha value is -0.260. The SMILES string of the molecule is CCOC(=O)C(CSC(C)CO)NC. The molecule has 0 aromatic rings. The van der Waals surface area contributed by atoms with Crippen LogP contribution in [0.1, 0.15) is 13.8 Å². The van der Waals surface area contributed by atoms with Crippen LogP contribution in [0.15, 0.2) is 0 Å². The summed E-state index contributed by atoms with van der Waals surface area (Å²) in [5.41, 5.74) is 0. The van der Waals surface area contributed by atoms with Gasteiger partial charge in [0.05, 0.1) is 13.2 Å². The standard InChI is InChI=1S/C9H19NO3S/c1-4-13-9(12)8(10-3)6-14-7(2)5-11/h7-8,10-11H,4-6H2,1-3H3. The lowest BCUT2D eigenvalue weighted by Gasteiger charge is -2.15. The maximum Gasteiger partial charge on any atom is 0.323 e. The number of esters is 1. The van der Waals surface area contributed by atoms with E-state index in [-0.39, 0.29) is 23.9 Å². The molecule has 0 aliphatic rings. The zero-order valence-electron chi connectivity index (χ0n) is 8.95. The summed E-state index contributed by atoms with van der Waals surface area (Å²) in [5, 5.41) is 11.8. The van der Waals surface area contributed by atoms with Crippen molar-refractivity contribution in [3.63, 3.8) is 0 Å². The first-order valence-corrected chi connectivity index (χ1v) is 5.76. The average molecular weight is 221 g/mol. The van der Waals surface area contributed by atoms with E-state index in [1.54, 1.807) is 25.7 Å². The Morgan fingerprint density at radius 1 is 1.64 bits per heavy atom. The minimum atomic E-state index is -0.283. The molecule has 2 atom stereocenters. The lowest BCUT2D eigenvalue weighted by Crippen LogP contribution is -2.38. The number of likely N-dealkylation sites (N-methyl/N-ethyl adjacent to an activating group) is 1. The Bertz CT molecular complexity index is 166. The highest BCUT2D eigenvalue weighted by Crippen LogP contribution is 2.11. The van der Waals surface area contributed by atoms with Gasteiger partial charge in [-0.1, -0.05) is 6.92 Å². The molecule has 0 aliphatic heterocycles. The number of aliphatic hydroxyl groups is 1. The predicted molar refractivity (Wildman–Crippen MR) is 58.5 cm³/mol. The van der Waals surface area contributed by atoms with Gasteiger partial charge >= 0.3 is 5.97 Å². The third-order valence-corrected chi connectivity index (χ3v) is 2.97. The second kappa shape index (κ2) is 8.08. The van der Waals surface area contributed by atoms with Gasteiger partial charge in [0, 0.05) is 11.0 Å². The van der Waals surface area contributed by atoms with Crippen LogP contribution >= 0.6 is 11.8 Å². The Kier molecular flexibility index (Phi) is 7.93. The number of hydrogen-bond acceptors (Lipinski definition) is 5. The van der Waals surface area contributed by atoms with Crippen LogP contribution in [0.2, 0.25) is 0 Å². The molecule has 0 amide bonds. The smallest absolute Gasteiger partial charge is 0.323 e. The summed E-state index contributed by atoms with van der Waals surface area (Å²) in [4.78, 5) is 11.3. The molecule has 0 fully saturated rings. The van der Waals surface area contributed by atoms with E-state index in [1.807, 2.05) is 6.92 Å². The fourth-order valence-electron chi connectivity index (χ4n) is 0.825. The molecule has 0 aromatic heterocycles. The minimum Gasteiger partial charge on any atom is -0.465 e. The van der Waals surface area contributed by atoms with E-state index >= 15 is 0 Å². The molecule has 0 bridgehead atoms. The van der Waals surface area contributed by atoms with Gasteiger partial charge in [-0.3, -0.25) is 4.79 Å². The van der Waals surface area contributed by atoms with Crippen LogP contribution in [0.3, 0.4) is 0 Å². The van der Waals surface area contributed by atoms with Crippen LogP contribution in [0, 0.1) is 0 Å². The molecular weight excluding hydrogens is 202 g/mol. The lowest BCUT2D eigenvalue weighted by molar-refractivity contribution is -0.144. The Morgan fingerprint density at radius 3 is 2.71 bits per heavy atom. The number of aliphatic hydroxyl groups excluding tert-OH is 1. The summed E-state index contributed by atoms with van der Waals surface area (Å²) in [6.45, 7) is 4.23. The fourth-order valence-corrected chi connectivity index (χ4v) is 1.75. The number of rotatable bonds is 7. The molecule has 0 heterocycles. The highest BCUT2D eigenvalue weighted by Gasteiger charge is 2.18. The van der Waals surface area contributed by atoms with Crippen LogP contribution in [0.25, 0.3) is 0 Å². The molecular formula is C9H19NO3S. The van der Waals surface area contributed by atoms with Gasteiger partial charge in [0.1, 0.15) is 6.04 Å². The summed E-state index contributed by atoms with van der Waals surface area (Å²) in [6, 6.07) is -0.283. The van der Waals surface area contributed by atoms with Crippen molar-refractivity contribution in [1.82, 2.24) is 5.32 Å². The number of thioether (sulfide) groups is 1. The highest BCUT2D eigenvalue weighted by atomic mass is 32.2. The first-order valence-electron chi connectivity index (χ1n) is 4.72. The third kappa shape index (κ3) is 5.47. The molecule has 2 N–H and O–H groups in total. The maximum atomic E-state index is 11.3. The number of carbonyl (C=O) groups excluding carboxylic acids is 1. The molecule has 2 unspecified atom stereocenters. The van der Waals surface area contributed by atoms with E-state index in [0.717, 1.165) is 0 Å². The largest absolute Gasteiger partial charge is 0.465 e. The van der Waals surface area contributed by atoms with E-state index < -0.39 is 0 Å². The molecule has 14 heavy (non-hydrogen) atoms. The summed E-state index contributed by atoms with van der Waals surface area (Å²) in [5.74, 6) is 0.393. The molecule has 0 rings (SSSR count). The van der Waals surface area contributed by atoms with Crippen LogP contribution in [-0.4, -0.2) is 48.4 Å². The second-order valence-electron chi connectivity index (χ2n) is 2.92. The van der Waals surface area contributed by atoms with Gasteiger partial charge in [-0.2, -0.15) is 11.8 Å². The molecule has 5 heteroatoms. The quantitative estimate of drug-likeness (QED) is 0.604. The van der Waals surface area contributed by atoms with Crippen molar-refractivity contribution >= 4 is 17.7 Å². The summed E-state index contributed by atoms with van der Waals surface area (Å²) >= 11 is 1.55. The van der Waals surface area contributed by atoms with Gasteiger partial charge in [0.15, 0.2) is 0 Å². The Labute approximate surface area is 89.4 Å². The van der Waals surface area contributed by atoms with E-state index in [2.05, 4.69) is 5.32 Å². The summed E-state index contributed by atoms with van der Waals surface area (Å²) in [6.07, 6.45) is 0. The van der Waals surface area contributed by atoms with Gasteiger partial charge in [-0.25, -0.2) is 0 Å². The zero-order valence-corrected chi connectivity index (χ0v) is 9.76. The number of ether oxygens (including phenoxy) is 1. The molecule has 0 aromatic carbocycles. The van der Waals surface area contributed by atoms with Crippen molar-refractivity contribution < 1.29 is 14.6 Å². The van der Waals surface area contributed by atoms with E-state index in [0.29, 0.717) is 12.4 Å². The lowest BCUT2D eigenvalue weighted by atomic mass is 10.3. The molecule has 0 radical (unpaired) electrons. The minimum absolute atomic E-state index is 0.129. The third-order valence-electron chi connectivity index (χ3n) is 1.72. The van der Waals surface area contributed by atoms with Crippen LogP contribution in [0.5, 0.6) is 0 Å². The van der Waals surface area contributed by atoms with E-state index in [4.69, 9.17) is 9.84 Å². The van der Waals surface area contributed by atoms with Gasteiger partial charge in [0.2, 0.25) is 0 Å². The molecule has 84 valence electrons. The molecule has 0 saturated heterocycles. The highest BCUT2D eigenvalue weighted by molar-refractivity contribution is 7.99. The van der Waals surface area contributed by atoms with Crippen molar-refractivity contribution in [2.45, 2.75) is 25.1 Å². The average Bonchev–Trinajstić information content (AvgIpc) is 2.18. The van der Waals surface area contributed by atoms with Crippen molar-refractivity contribution in [3.05, 3.63) is 0 Å². The topological polar surface area (TPSA) is 58.6 Å². The molecule has 0 spiro atoms. The summed E-state index contributed by atoms with van der Waals surface area (Å²) in [7, 11) is 1.73. The van der Waals surface area contributed by atoms with Crippen molar-refractivity contribution in [2.24, 2.45) is 0 Å². The van der Waals surface area contributed by atoms with Crippen molar-refractivity contribution in [2.75, 3.05) is 26.0 Å². The van der Waals surface area contributed by atoms with Crippen LogP contribution in [-0.2, 0) is 9.53 Å². The number of nitrogens with one attached hydrogen (secondary N) is 1. The van der Waals surface area contributed by atoms with Gasteiger partial charge in [-0.05, 0) is 14.0 Å². The molecule has 4 nitrogen and oxygen atoms in total. The first-order chi connectivity index (χ1) is 6.65. The molecule has 0 aliphatic carbocycles. The fraction of sp³-hybridized carbons (Fsp3) is 0.889. The zero-order chi connectivity index (χ0) is 11.0. The van der Waals surface area contributed by atoms with Crippen LogP contribution in [0.4, 0.5) is 0 Å².